The van der Waals surface area contributed by atoms with E-state index in [1.54, 1.807) is 39.8 Å². The molecule has 8 heteroatoms. The van der Waals surface area contributed by atoms with Gasteiger partial charge in [0.1, 0.15) is 18.5 Å². The minimum atomic E-state index is -0.635. The van der Waals surface area contributed by atoms with Gasteiger partial charge < -0.3 is 18.9 Å². The summed E-state index contributed by atoms with van der Waals surface area (Å²) in [4.78, 5) is 48.6. The molecule has 0 aliphatic carbocycles. The molecule has 0 heterocycles. The first kappa shape index (κ1) is 40.2. The van der Waals surface area contributed by atoms with Crippen LogP contribution in [0.2, 0.25) is 0 Å². The van der Waals surface area contributed by atoms with Crippen LogP contribution in [0.3, 0.4) is 0 Å². The van der Waals surface area contributed by atoms with Gasteiger partial charge in [0.25, 0.3) is 0 Å². The van der Waals surface area contributed by atoms with Crippen LogP contribution in [0.25, 0.3) is 43.8 Å². The van der Waals surface area contributed by atoms with Gasteiger partial charge in [-0.15, -0.1) is 0 Å². The number of carbonyl (C=O) groups is 4. The largest absolute Gasteiger partial charge is 0.462 e. The van der Waals surface area contributed by atoms with E-state index in [2.05, 4.69) is 50.5 Å². The molecule has 0 aromatic heterocycles. The molecule has 0 fully saturated rings. The van der Waals surface area contributed by atoms with Gasteiger partial charge in [-0.2, -0.15) is 0 Å². The highest BCUT2D eigenvalue weighted by Gasteiger charge is 2.17. The molecule has 0 radical (unpaired) electrons. The lowest BCUT2D eigenvalue weighted by Crippen LogP contribution is -2.07. The van der Waals surface area contributed by atoms with Crippen LogP contribution in [0.15, 0.2) is 134 Å². The maximum Gasteiger partial charge on any atom is 0.347 e. The van der Waals surface area contributed by atoms with Crippen LogP contribution in [0.4, 0.5) is 0 Å². The van der Waals surface area contributed by atoms with Crippen LogP contribution in [0.5, 0.6) is 5.75 Å². The van der Waals surface area contributed by atoms with Gasteiger partial charge in [-0.3, -0.25) is 0 Å². The fourth-order valence-electron chi connectivity index (χ4n) is 5.79. The average molecular weight is 747 g/mol. The van der Waals surface area contributed by atoms with Crippen molar-refractivity contribution in [1.29, 1.82) is 0 Å². The SMILES string of the molecule is C=C(C)C(=O)OC#Cc1cc(-c2ccc(OC(=O)C(=C)C)cc2)cc2c(-c3cccc(CCCOC(=O)C(=C)C)c3)c3ccc(COC(=O)C(=C)C)cc3cc12. The van der Waals surface area contributed by atoms with E-state index in [1.807, 2.05) is 60.7 Å². The zero-order valence-electron chi connectivity index (χ0n) is 32.0. The van der Waals surface area contributed by atoms with Crippen LogP contribution in [0.1, 0.15) is 50.8 Å². The van der Waals surface area contributed by atoms with Gasteiger partial charge >= 0.3 is 23.9 Å². The van der Waals surface area contributed by atoms with Gasteiger partial charge in [0.15, 0.2) is 0 Å². The van der Waals surface area contributed by atoms with Gasteiger partial charge in [-0.25, -0.2) is 19.2 Å². The van der Waals surface area contributed by atoms with Crippen molar-refractivity contribution < 1.29 is 38.1 Å². The zero-order chi connectivity index (χ0) is 40.5. The third kappa shape index (κ3) is 9.95. The molecule has 5 aromatic carbocycles. The Bertz CT molecular complexity index is 2510. The molecule has 0 aliphatic rings. The standard InChI is InChI=1S/C48H42O8/c1-29(2)45(49)53-21-10-12-33-11-9-13-37(23-33)44-41-19-14-34(28-55-47(51)31(5)6)24-39(41)27-42-36(20-22-54-46(50)30(3)4)25-38(26-43(42)44)35-15-17-40(18-16-35)56-48(52)32(7)8/h9,11,13-19,23-27H,1,3,5,7,10,12,21,28H2,2,4,6,8H3. The third-order valence-electron chi connectivity index (χ3n) is 8.68. The molecule has 0 bridgehead atoms. The molecule has 5 rings (SSSR count). The number of hydrogen-bond acceptors (Lipinski definition) is 8. The number of rotatable bonds is 13. The summed E-state index contributed by atoms with van der Waals surface area (Å²) in [5.74, 6) is 1.39. The zero-order valence-corrected chi connectivity index (χ0v) is 32.0. The molecule has 0 spiro atoms. The molecule has 0 unspecified atom stereocenters. The topological polar surface area (TPSA) is 105 Å². The van der Waals surface area contributed by atoms with E-state index in [1.165, 1.54) is 0 Å². The quantitative estimate of drug-likeness (QED) is 0.0223. The molecule has 0 aliphatic heterocycles. The Labute approximate surface area is 326 Å². The monoisotopic (exact) mass is 746 g/mol. The highest BCUT2D eigenvalue weighted by Crippen LogP contribution is 2.41. The van der Waals surface area contributed by atoms with E-state index in [0.717, 1.165) is 54.9 Å². The Kier molecular flexibility index (Phi) is 12.9. The van der Waals surface area contributed by atoms with Gasteiger partial charge in [0.2, 0.25) is 0 Å². The number of ether oxygens (including phenoxy) is 4. The lowest BCUT2D eigenvalue weighted by Gasteiger charge is -2.17. The summed E-state index contributed by atoms with van der Waals surface area (Å²) < 4.78 is 21.4. The lowest BCUT2D eigenvalue weighted by molar-refractivity contribution is -0.140. The molecular formula is C48H42O8. The van der Waals surface area contributed by atoms with Crippen molar-refractivity contribution in [3.63, 3.8) is 0 Å². The molecule has 0 N–H and O–H groups in total. The molecule has 0 saturated heterocycles. The number of carbonyl (C=O) groups excluding carboxylic acids is 4. The Morgan fingerprint density at radius 1 is 0.589 bits per heavy atom. The van der Waals surface area contributed by atoms with Crippen LogP contribution in [0, 0.1) is 12.0 Å². The highest BCUT2D eigenvalue weighted by atomic mass is 16.5. The Morgan fingerprint density at radius 2 is 1.27 bits per heavy atom. The van der Waals surface area contributed by atoms with Crippen LogP contribution >= 0.6 is 0 Å². The number of hydrogen-bond donors (Lipinski definition) is 0. The minimum absolute atomic E-state index is 0.0561. The van der Waals surface area contributed by atoms with Crippen molar-refractivity contribution in [3.8, 4) is 40.0 Å². The van der Waals surface area contributed by atoms with Gasteiger partial charge in [0.05, 0.1) is 6.61 Å². The Balaban J connectivity index is 1.71. The molecule has 5 aromatic rings. The molecule has 282 valence electrons. The van der Waals surface area contributed by atoms with Crippen LogP contribution < -0.4 is 4.74 Å². The molecule has 0 atom stereocenters. The minimum Gasteiger partial charge on any atom is -0.462 e. The highest BCUT2D eigenvalue weighted by molar-refractivity contribution is 6.15. The van der Waals surface area contributed by atoms with E-state index >= 15 is 0 Å². The van der Waals surface area contributed by atoms with Crippen LogP contribution in [-0.2, 0) is 46.4 Å². The van der Waals surface area contributed by atoms with Crippen molar-refractivity contribution >= 4 is 45.4 Å². The number of esters is 4. The van der Waals surface area contributed by atoms with Gasteiger partial charge in [-0.1, -0.05) is 74.8 Å². The summed E-state index contributed by atoms with van der Waals surface area (Å²) in [6.07, 6.45) is 3.86. The van der Waals surface area contributed by atoms with Crippen molar-refractivity contribution in [2.45, 2.75) is 47.1 Å². The fourth-order valence-corrected chi connectivity index (χ4v) is 5.79. The van der Waals surface area contributed by atoms with E-state index in [0.29, 0.717) is 35.3 Å². The lowest BCUT2D eigenvalue weighted by atomic mass is 9.87. The Hall–Kier alpha value is -6.98. The van der Waals surface area contributed by atoms with Crippen molar-refractivity contribution in [3.05, 3.63) is 150 Å². The second kappa shape index (κ2) is 17.9. The van der Waals surface area contributed by atoms with Crippen molar-refractivity contribution in [2.75, 3.05) is 6.61 Å². The normalized spacial score (nSPS) is 10.5. The van der Waals surface area contributed by atoms with E-state index < -0.39 is 23.9 Å². The van der Waals surface area contributed by atoms with E-state index in [4.69, 9.17) is 18.9 Å². The summed E-state index contributed by atoms with van der Waals surface area (Å²) in [6.45, 7) is 21.3. The number of aryl methyl sites for hydroxylation is 1. The average Bonchev–Trinajstić information content (AvgIpc) is 3.17. The smallest absolute Gasteiger partial charge is 0.347 e. The molecular weight excluding hydrogens is 705 g/mol. The first-order valence-electron chi connectivity index (χ1n) is 17.9. The number of benzene rings is 5. The molecule has 8 nitrogen and oxygen atoms in total. The molecule has 0 amide bonds. The number of fused-ring (bicyclic) bond motifs is 2. The fraction of sp³-hybridized carbons (Fsp3) is 0.167. The molecule has 0 saturated carbocycles. The summed E-state index contributed by atoms with van der Waals surface area (Å²) in [5.41, 5.74) is 7.07. The predicted octanol–water partition coefficient (Wildman–Crippen LogP) is 9.91. The maximum absolute atomic E-state index is 12.3. The van der Waals surface area contributed by atoms with Crippen LogP contribution in [-0.4, -0.2) is 30.5 Å². The van der Waals surface area contributed by atoms with Gasteiger partial charge in [-0.05, 0) is 138 Å². The summed E-state index contributed by atoms with van der Waals surface area (Å²) in [6, 6.07) is 27.2. The maximum atomic E-state index is 12.3. The van der Waals surface area contributed by atoms with Crippen molar-refractivity contribution in [2.24, 2.45) is 0 Å². The predicted molar refractivity (Wildman–Crippen MR) is 219 cm³/mol. The second-order valence-electron chi connectivity index (χ2n) is 13.6. The Morgan fingerprint density at radius 3 is 1.95 bits per heavy atom. The van der Waals surface area contributed by atoms with E-state index in [9.17, 15) is 19.2 Å². The molecule has 56 heavy (non-hydrogen) atoms. The van der Waals surface area contributed by atoms with Crippen molar-refractivity contribution in [1.82, 2.24) is 0 Å². The third-order valence-corrected chi connectivity index (χ3v) is 8.68. The first-order chi connectivity index (χ1) is 26.7. The van der Waals surface area contributed by atoms with Gasteiger partial charge in [0, 0.05) is 27.9 Å². The summed E-state index contributed by atoms with van der Waals surface area (Å²) in [7, 11) is 0. The van der Waals surface area contributed by atoms with E-state index in [-0.39, 0.29) is 24.4 Å². The first-order valence-corrected chi connectivity index (χ1v) is 17.9. The second-order valence-corrected chi connectivity index (χ2v) is 13.6. The summed E-state index contributed by atoms with van der Waals surface area (Å²) >= 11 is 0. The summed E-state index contributed by atoms with van der Waals surface area (Å²) in [5, 5.41) is 3.46.